The quantitative estimate of drug-likeness (QED) is 0.488. The topological polar surface area (TPSA) is 94.8 Å². The van der Waals surface area contributed by atoms with Crippen LogP contribution < -0.4 is 15.7 Å². The predicted octanol–water partition coefficient (Wildman–Crippen LogP) is 2.65. The van der Waals surface area contributed by atoms with Crippen molar-refractivity contribution in [3.8, 4) is 5.75 Å². The lowest BCUT2D eigenvalue weighted by molar-refractivity contribution is -0.150. The number of rotatable bonds is 7. The first-order valence-electron chi connectivity index (χ1n) is 9.06. The van der Waals surface area contributed by atoms with Gasteiger partial charge in [0.2, 0.25) is 0 Å². The molecule has 1 aromatic heterocycles. The summed E-state index contributed by atoms with van der Waals surface area (Å²) in [5, 5.41) is 3.48. The van der Waals surface area contributed by atoms with Gasteiger partial charge in [-0.15, -0.1) is 0 Å². The van der Waals surface area contributed by atoms with E-state index < -0.39 is 17.5 Å². The van der Waals surface area contributed by atoms with E-state index in [-0.39, 0.29) is 13.2 Å². The summed E-state index contributed by atoms with van der Waals surface area (Å²) < 4.78 is 15.4. The number of benzene rings is 2. The molecule has 0 radical (unpaired) electrons. The molecule has 3 aromatic rings. The molecule has 0 aliphatic rings. The van der Waals surface area contributed by atoms with Crippen LogP contribution in [0.2, 0.25) is 0 Å². The number of ether oxygens (including phenoxy) is 2. The molecule has 0 unspecified atom stereocenters. The Morgan fingerprint density at radius 3 is 2.59 bits per heavy atom. The Hall–Kier alpha value is -3.61. The van der Waals surface area contributed by atoms with Gasteiger partial charge in [0.25, 0.3) is 5.91 Å². The first-order valence-corrected chi connectivity index (χ1v) is 9.06. The lowest BCUT2D eigenvalue weighted by Crippen LogP contribution is -2.29. The van der Waals surface area contributed by atoms with Crippen molar-refractivity contribution < 1.29 is 23.5 Å². The molecule has 1 amide bonds. The van der Waals surface area contributed by atoms with Gasteiger partial charge >= 0.3 is 11.6 Å². The summed E-state index contributed by atoms with van der Waals surface area (Å²) in [4.78, 5) is 35.1. The SMILES string of the molecule is Cc1ccccc1CNC(=O)COC(=O)COc1ccc2c(C)cc(=O)oc2c1. The van der Waals surface area contributed by atoms with Gasteiger partial charge in [-0.25, -0.2) is 9.59 Å². The number of fused-ring (bicyclic) bond motifs is 1. The lowest BCUT2D eigenvalue weighted by atomic mass is 10.1. The number of esters is 1. The maximum Gasteiger partial charge on any atom is 0.344 e. The zero-order valence-electron chi connectivity index (χ0n) is 16.2. The van der Waals surface area contributed by atoms with Crippen LogP contribution in [0.15, 0.2) is 57.7 Å². The Morgan fingerprint density at radius 1 is 1.00 bits per heavy atom. The van der Waals surface area contributed by atoms with Gasteiger partial charge in [0.15, 0.2) is 13.2 Å². The predicted molar refractivity (Wildman–Crippen MR) is 107 cm³/mol. The fourth-order valence-corrected chi connectivity index (χ4v) is 2.78. The Bertz CT molecular complexity index is 1100. The highest BCUT2D eigenvalue weighted by Gasteiger charge is 2.10. The fourth-order valence-electron chi connectivity index (χ4n) is 2.78. The zero-order chi connectivity index (χ0) is 20.8. The lowest BCUT2D eigenvalue weighted by Gasteiger charge is -2.09. The second-order valence-corrected chi connectivity index (χ2v) is 6.56. The van der Waals surface area contributed by atoms with Crippen LogP contribution in [0.3, 0.4) is 0 Å². The van der Waals surface area contributed by atoms with Crippen LogP contribution in [0.25, 0.3) is 11.0 Å². The van der Waals surface area contributed by atoms with Crippen LogP contribution in [0.1, 0.15) is 16.7 Å². The molecule has 0 bridgehead atoms. The van der Waals surface area contributed by atoms with Crippen molar-refractivity contribution in [3.05, 3.63) is 75.6 Å². The summed E-state index contributed by atoms with van der Waals surface area (Å²) in [6, 6.07) is 14.0. The standard InChI is InChI=1S/C22H21NO6/c1-14-5-3-4-6-16(14)11-23-20(24)12-28-22(26)13-27-17-7-8-18-15(2)9-21(25)29-19(18)10-17/h3-10H,11-13H2,1-2H3,(H,23,24). The van der Waals surface area contributed by atoms with Crippen LogP contribution in [0.4, 0.5) is 0 Å². The molecule has 0 spiro atoms. The van der Waals surface area contributed by atoms with E-state index in [0.29, 0.717) is 17.9 Å². The summed E-state index contributed by atoms with van der Waals surface area (Å²) in [6.07, 6.45) is 0. The molecule has 0 saturated heterocycles. The minimum Gasteiger partial charge on any atom is -0.482 e. The average molecular weight is 395 g/mol. The molecule has 0 aliphatic carbocycles. The van der Waals surface area contributed by atoms with Gasteiger partial charge in [0, 0.05) is 24.1 Å². The maximum absolute atomic E-state index is 11.8. The summed E-state index contributed by atoms with van der Waals surface area (Å²) in [7, 11) is 0. The maximum atomic E-state index is 11.8. The van der Waals surface area contributed by atoms with E-state index in [0.717, 1.165) is 22.1 Å². The molecule has 150 valence electrons. The van der Waals surface area contributed by atoms with Gasteiger partial charge in [0.1, 0.15) is 11.3 Å². The first-order chi connectivity index (χ1) is 13.9. The van der Waals surface area contributed by atoms with Crippen molar-refractivity contribution in [1.29, 1.82) is 0 Å². The summed E-state index contributed by atoms with van der Waals surface area (Å²) in [5.74, 6) is -0.724. The van der Waals surface area contributed by atoms with E-state index in [1.165, 1.54) is 12.1 Å². The molecule has 7 nitrogen and oxygen atoms in total. The molecule has 29 heavy (non-hydrogen) atoms. The minimum absolute atomic E-state index is 0.354. The largest absolute Gasteiger partial charge is 0.482 e. The van der Waals surface area contributed by atoms with Crippen molar-refractivity contribution >= 4 is 22.8 Å². The number of amides is 1. The molecule has 1 heterocycles. The Labute approximate surface area is 167 Å². The Kier molecular flexibility index (Phi) is 6.29. The monoisotopic (exact) mass is 395 g/mol. The number of carbonyl (C=O) groups excluding carboxylic acids is 2. The van der Waals surface area contributed by atoms with Crippen LogP contribution in [0.5, 0.6) is 5.75 Å². The second-order valence-electron chi connectivity index (χ2n) is 6.56. The smallest absolute Gasteiger partial charge is 0.344 e. The third-order valence-corrected chi connectivity index (χ3v) is 4.38. The van der Waals surface area contributed by atoms with E-state index in [9.17, 15) is 14.4 Å². The zero-order valence-corrected chi connectivity index (χ0v) is 16.2. The molecule has 0 aliphatic heterocycles. The molecular formula is C22H21NO6. The molecule has 0 fully saturated rings. The Morgan fingerprint density at radius 2 is 1.79 bits per heavy atom. The number of aryl methyl sites for hydroxylation is 2. The fraction of sp³-hybridized carbons (Fsp3) is 0.227. The van der Waals surface area contributed by atoms with E-state index in [1.54, 1.807) is 19.1 Å². The molecular weight excluding hydrogens is 374 g/mol. The highest BCUT2D eigenvalue weighted by atomic mass is 16.6. The van der Waals surface area contributed by atoms with Gasteiger partial charge in [-0.2, -0.15) is 0 Å². The van der Waals surface area contributed by atoms with Crippen molar-refractivity contribution in [2.24, 2.45) is 0 Å². The van der Waals surface area contributed by atoms with Gasteiger partial charge in [-0.1, -0.05) is 24.3 Å². The van der Waals surface area contributed by atoms with Gasteiger partial charge in [0.05, 0.1) is 0 Å². The third kappa shape index (κ3) is 5.44. The normalized spacial score (nSPS) is 10.6. The van der Waals surface area contributed by atoms with E-state index in [2.05, 4.69) is 5.32 Å². The number of carbonyl (C=O) groups is 2. The minimum atomic E-state index is -0.679. The van der Waals surface area contributed by atoms with Crippen LogP contribution in [0, 0.1) is 13.8 Å². The summed E-state index contributed by atoms with van der Waals surface area (Å²) in [5.41, 5.74) is 2.77. The van der Waals surface area contributed by atoms with Crippen LogP contribution >= 0.6 is 0 Å². The highest BCUT2D eigenvalue weighted by Crippen LogP contribution is 2.22. The summed E-state index contributed by atoms with van der Waals surface area (Å²) in [6.45, 7) is 3.37. The van der Waals surface area contributed by atoms with Crippen molar-refractivity contribution in [3.63, 3.8) is 0 Å². The van der Waals surface area contributed by atoms with Gasteiger partial charge in [-0.3, -0.25) is 4.79 Å². The first kappa shape index (κ1) is 20.1. The van der Waals surface area contributed by atoms with Crippen molar-refractivity contribution in [2.45, 2.75) is 20.4 Å². The van der Waals surface area contributed by atoms with Crippen LogP contribution in [-0.2, 0) is 20.9 Å². The molecule has 2 aromatic carbocycles. The number of hydrogen-bond acceptors (Lipinski definition) is 6. The van der Waals surface area contributed by atoms with Crippen molar-refractivity contribution in [1.82, 2.24) is 5.32 Å². The number of nitrogens with one attached hydrogen (secondary N) is 1. The summed E-state index contributed by atoms with van der Waals surface area (Å²) >= 11 is 0. The molecule has 1 N–H and O–H groups in total. The molecule has 3 rings (SSSR count). The molecule has 0 saturated carbocycles. The second kappa shape index (κ2) is 9.05. The third-order valence-electron chi connectivity index (χ3n) is 4.38. The molecule has 0 atom stereocenters. The van der Waals surface area contributed by atoms with E-state index >= 15 is 0 Å². The van der Waals surface area contributed by atoms with E-state index in [1.807, 2.05) is 31.2 Å². The van der Waals surface area contributed by atoms with Gasteiger partial charge < -0.3 is 19.2 Å². The highest BCUT2D eigenvalue weighted by molar-refractivity contribution is 5.82. The Balaban J connectivity index is 1.46. The molecule has 7 heteroatoms. The van der Waals surface area contributed by atoms with Crippen LogP contribution in [-0.4, -0.2) is 25.1 Å². The average Bonchev–Trinajstić information content (AvgIpc) is 2.69. The number of hydrogen-bond donors (Lipinski definition) is 1. The van der Waals surface area contributed by atoms with Gasteiger partial charge in [-0.05, 0) is 42.7 Å². The van der Waals surface area contributed by atoms with Crippen molar-refractivity contribution in [2.75, 3.05) is 13.2 Å². The van der Waals surface area contributed by atoms with E-state index in [4.69, 9.17) is 13.9 Å².